The molecule has 0 aliphatic carbocycles. The normalized spacial score (nSPS) is 10.9. The number of unbranched alkanes of at least 4 members (excludes halogenated alkanes) is 1. The fourth-order valence-corrected chi connectivity index (χ4v) is 1.71. The molecule has 0 unspecified atom stereocenters. The lowest BCUT2D eigenvalue weighted by Gasteiger charge is -2.00. The molecule has 0 aliphatic heterocycles. The Morgan fingerprint density at radius 1 is 1.31 bits per heavy atom. The van der Waals surface area contributed by atoms with Gasteiger partial charge in [-0.05, 0) is 17.5 Å². The smallest absolute Gasteiger partial charge is 0.0288 e. The third-order valence-corrected chi connectivity index (χ3v) is 2.56. The Balaban J connectivity index is 2.74. The Hall–Kier alpha value is -0.560. The average Bonchev–Trinajstić information content (AvgIpc) is 2.19. The van der Waals surface area contributed by atoms with Gasteiger partial charge in [0.15, 0.2) is 0 Å². The number of rotatable bonds is 4. The zero-order valence-electron chi connectivity index (χ0n) is 7.96. The number of hydrogen-bond donors (Lipinski definition) is 0. The van der Waals surface area contributed by atoms with Gasteiger partial charge in [0.1, 0.15) is 0 Å². The molecule has 0 saturated carbocycles. The Bertz CT molecular complexity index is 276. The summed E-state index contributed by atoms with van der Waals surface area (Å²) in [5, 5.41) is 0.930. The second-order valence-corrected chi connectivity index (χ2v) is 3.58. The molecule has 1 aromatic rings. The van der Waals surface area contributed by atoms with Gasteiger partial charge in [0.2, 0.25) is 0 Å². The highest BCUT2D eigenvalue weighted by atomic mass is 79.9. The zero-order chi connectivity index (χ0) is 9.52. The first kappa shape index (κ1) is 10.5. The SMILES string of the molecule is CCCC=Cc1ccccc1CBr. The highest BCUT2D eigenvalue weighted by Crippen LogP contribution is 2.14. The highest BCUT2D eigenvalue weighted by Gasteiger charge is 1.94. The minimum Gasteiger partial charge on any atom is -0.0876 e. The van der Waals surface area contributed by atoms with Gasteiger partial charge in [-0.2, -0.15) is 0 Å². The van der Waals surface area contributed by atoms with Crippen molar-refractivity contribution >= 4 is 22.0 Å². The molecule has 0 N–H and O–H groups in total. The zero-order valence-corrected chi connectivity index (χ0v) is 9.55. The van der Waals surface area contributed by atoms with E-state index in [0.29, 0.717) is 0 Å². The fraction of sp³-hybridized carbons (Fsp3) is 0.333. The first-order chi connectivity index (χ1) is 6.38. The van der Waals surface area contributed by atoms with Gasteiger partial charge in [0, 0.05) is 5.33 Å². The van der Waals surface area contributed by atoms with Crippen molar-refractivity contribution in [1.82, 2.24) is 0 Å². The first-order valence-corrected chi connectivity index (χ1v) is 5.81. The van der Waals surface area contributed by atoms with Crippen LogP contribution in [0.1, 0.15) is 30.9 Å². The fourth-order valence-electron chi connectivity index (χ4n) is 1.20. The van der Waals surface area contributed by atoms with Crippen LogP contribution in [0.2, 0.25) is 0 Å². The summed E-state index contributed by atoms with van der Waals surface area (Å²) in [6.45, 7) is 2.20. The molecule has 0 nitrogen and oxygen atoms in total. The van der Waals surface area contributed by atoms with E-state index in [1.54, 1.807) is 0 Å². The molecule has 0 bridgehead atoms. The Morgan fingerprint density at radius 2 is 2.08 bits per heavy atom. The predicted molar refractivity (Wildman–Crippen MR) is 63.0 cm³/mol. The number of benzene rings is 1. The number of hydrogen-bond acceptors (Lipinski definition) is 0. The minimum atomic E-state index is 0.930. The molecule has 0 fully saturated rings. The van der Waals surface area contributed by atoms with Gasteiger partial charge in [0.25, 0.3) is 0 Å². The van der Waals surface area contributed by atoms with Crippen LogP contribution in [0.25, 0.3) is 6.08 Å². The molecular formula is C12H15Br. The van der Waals surface area contributed by atoms with Gasteiger partial charge in [-0.15, -0.1) is 0 Å². The van der Waals surface area contributed by atoms with Crippen molar-refractivity contribution < 1.29 is 0 Å². The maximum atomic E-state index is 3.48. The Labute approximate surface area is 88.8 Å². The maximum Gasteiger partial charge on any atom is 0.0288 e. The van der Waals surface area contributed by atoms with Crippen molar-refractivity contribution in [2.24, 2.45) is 0 Å². The van der Waals surface area contributed by atoms with Crippen LogP contribution in [-0.4, -0.2) is 0 Å². The van der Waals surface area contributed by atoms with Crippen LogP contribution in [0.3, 0.4) is 0 Å². The van der Waals surface area contributed by atoms with Crippen LogP contribution >= 0.6 is 15.9 Å². The quantitative estimate of drug-likeness (QED) is 0.683. The molecule has 70 valence electrons. The summed E-state index contributed by atoms with van der Waals surface area (Å²) >= 11 is 3.48. The van der Waals surface area contributed by atoms with Crippen molar-refractivity contribution in [3.8, 4) is 0 Å². The molecule has 13 heavy (non-hydrogen) atoms. The lowest BCUT2D eigenvalue weighted by atomic mass is 10.1. The minimum absolute atomic E-state index is 0.930. The van der Waals surface area contributed by atoms with Gasteiger partial charge in [-0.1, -0.05) is 65.7 Å². The second-order valence-electron chi connectivity index (χ2n) is 3.02. The van der Waals surface area contributed by atoms with Gasteiger partial charge >= 0.3 is 0 Å². The molecule has 1 rings (SSSR count). The molecule has 0 aromatic heterocycles. The van der Waals surface area contributed by atoms with E-state index in [1.165, 1.54) is 17.5 Å². The van der Waals surface area contributed by atoms with Crippen LogP contribution in [0, 0.1) is 0 Å². The summed E-state index contributed by atoms with van der Waals surface area (Å²) in [5.74, 6) is 0. The van der Waals surface area contributed by atoms with Gasteiger partial charge in [-0.25, -0.2) is 0 Å². The van der Waals surface area contributed by atoms with E-state index in [0.717, 1.165) is 11.8 Å². The van der Waals surface area contributed by atoms with Crippen LogP contribution in [-0.2, 0) is 5.33 Å². The molecular weight excluding hydrogens is 224 g/mol. The summed E-state index contributed by atoms with van der Waals surface area (Å²) in [5.41, 5.74) is 2.68. The Morgan fingerprint density at radius 3 is 2.77 bits per heavy atom. The van der Waals surface area contributed by atoms with Crippen LogP contribution < -0.4 is 0 Å². The molecule has 0 atom stereocenters. The van der Waals surface area contributed by atoms with E-state index in [1.807, 2.05) is 0 Å². The lowest BCUT2D eigenvalue weighted by molar-refractivity contribution is 0.962. The van der Waals surface area contributed by atoms with Crippen molar-refractivity contribution in [1.29, 1.82) is 0 Å². The molecule has 0 radical (unpaired) electrons. The van der Waals surface area contributed by atoms with E-state index in [9.17, 15) is 0 Å². The predicted octanol–water partition coefficient (Wildman–Crippen LogP) is 4.39. The summed E-state index contributed by atoms with van der Waals surface area (Å²) in [4.78, 5) is 0. The standard InChI is InChI=1S/C12H15Br/c1-2-3-4-7-11-8-5-6-9-12(11)10-13/h4-9H,2-3,10H2,1H3. The monoisotopic (exact) mass is 238 g/mol. The van der Waals surface area contributed by atoms with Gasteiger partial charge < -0.3 is 0 Å². The summed E-state index contributed by atoms with van der Waals surface area (Å²) in [7, 11) is 0. The maximum absolute atomic E-state index is 3.48. The molecule has 0 saturated heterocycles. The molecule has 1 aromatic carbocycles. The molecule has 0 aliphatic rings. The van der Waals surface area contributed by atoms with Crippen LogP contribution in [0.15, 0.2) is 30.3 Å². The first-order valence-electron chi connectivity index (χ1n) is 4.69. The summed E-state index contributed by atoms with van der Waals surface area (Å²) in [6, 6.07) is 8.47. The number of allylic oxidation sites excluding steroid dienone is 1. The molecule has 0 spiro atoms. The third-order valence-electron chi connectivity index (χ3n) is 1.95. The molecule has 1 heteroatoms. The van der Waals surface area contributed by atoms with E-state index in [2.05, 4.69) is 59.3 Å². The van der Waals surface area contributed by atoms with E-state index >= 15 is 0 Å². The van der Waals surface area contributed by atoms with Crippen molar-refractivity contribution in [2.75, 3.05) is 0 Å². The third kappa shape index (κ3) is 3.35. The van der Waals surface area contributed by atoms with Crippen molar-refractivity contribution in [3.05, 3.63) is 41.5 Å². The van der Waals surface area contributed by atoms with Crippen LogP contribution in [0.5, 0.6) is 0 Å². The molecule has 0 heterocycles. The van der Waals surface area contributed by atoms with E-state index < -0.39 is 0 Å². The van der Waals surface area contributed by atoms with E-state index in [4.69, 9.17) is 0 Å². The highest BCUT2D eigenvalue weighted by molar-refractivity contribution is 9.08. The van der Waals surface area contributed by atoms with Crippen molar-refractivity contribution in [2.45, 2.75) is 25.1 Å². The summed E-state index contributed by atoms with van der Waals surface area (Å²) in [6.07, 6.45) is 6.82. The lowest BCUT2D eigenvalue weighted by Crippen LogP contribution is -1.82. The largest absolute Gasteiger partial charge is 0.0876 e. The second kappa shape index (κ2) is 5.98. The van der Waals surface area contributed by atoms with Crippen molar-refractivity contribution in [3.63, 3.8) is 0 Å². The topological polar surface area (TPSA) is 0 Å². The average molecular weight is 239 g/mol. The number of alkyl halides is 1. The molecule has 0 amide bonds. The van der Waals surface area contributed by atoms with E-state index in [-0.39, 0.29) is 0 Å². The van der Waals surface area contributed by atoms with Gasteiger partial charge in [-0.3, -0.25) is 0 Å². The number of halogens is 1. The van der Waals surface area contributed by atoms with Crippen LogP contribution in [0.4, 0.5) is 0 Å². The van der Waals surface area contributed by atoms with Gasteiger partial charge in [0.05, 0.1) is 0 Å². The summed E-state index contributed by atoms with van der Waals surface area (Å²) < 4.78 is 0. The Kier molecular flexibility index (Phi) is 4.84.